The zero-order chi connectivity index (χ0) is 14.0. The van der Waals surface area contributed by atoms with Gasteiger partial charge in [0.15, 0.2) is 11.6 Å². The highest BCUT2D eigenvalue weighted by molar-refractivity contribution is 5.59. The molecule has 0 aliphatic heterocycles. The Hall–Kier alpha value is -1.88. The summed E-state index contributed by atoms with van der Waals surface area (Å²) in [5, 5.41) is 0. The predicted octanol–water partition coefficient (Wildman–Crippen LogP) is 2.50. The number of hydrogen-bond acceptors (Lipinski definition) is 3. The largest absolute Gasteiger partial charge is 0.494 e. The van der Waals surface area contributed by atoms with Crippen LogP contribution in [0, 0.1) is 5.82 Å². The number of H-pyrrole nitrogens is 1. The summed E-state index contributed by atoms with van der Waals surface area (Å²) < 4.78 is 18.5. The van der Waals surface area contributed by atoms with Gasteiger partial charge in [-0.2, -0.15) is 0 Å². The molecule has 3 N–H and O–H groups in total. The monoisotopic (exact) mass is 263 g/mol. The first-order valence-electron chi connectivity index (χ1n) is 6.06. The zero-order valence-electron chi connectivity index (χ0n) is 11.3. The van der Waals surface area contributed by atoms with E-state index in [1.807, 2.05) is 13.8 Å². The second-order valence-corrected chi connectivity index (χ2v) is 5.26. The highest BCUT2D eigenvalue weighted by Crippen LogP contribution is 2.24. The second kappa shape index (κ2) is 5.01. The number of hydrogen-bond donors (Lipinski definition) is 2. The van der Waals surface area contributed by atoms with E-state index in [2.05, 4.69) is 9.97 Å². The number of aromatic nitrogens is 2. The molecule has 1 aromatic carbocycles. The minimum absolute atomic E-state index is 0.228. The predicted molar refractivity (Wildman–Crippen MR) is 72.5 cm³/mol. The molecule has 0 saturated carbocycles. The van der Waals surface area contributed by atoms with Crippen LogP contribution in [0.25, 0.3) is 11.3 Å². The van der Waals surface area contributed by atoms with Gasteiger partial charge in [-0.15, -0.1) is 0 Å². The van der Waals surface area contributed by atoms with Crippen LogP contribution >= 0.6 is 0 Å². The molecule has 5 heteroatoms. The molecule has 2 rings (SSSR count). The van der Waals surface area contributed by atoms with Gasteiger partial charge >= 0.3 is 0 Å². The van der Waals surface area contributed by atoms with Crippen molar-refractivity contribution in [2.75, 3.05) is 7.11 Å². The smallest absolute Gasteiger partial charge is 0.165 e. The lowest BCUT2D eigenvalue weighted by Crippen LogP contribution is -2.34. The Morgan fingerprint density at radius 3 is 2.74 bits per heavy atom. The lowest BCUT2D eigenvalue weighted by Gasteiger charge is -2.15. The van der Waals surface area contributed by atoms with Crippen LogP contribution in [0.2, 0.25) is 0 Å². The summed E-state index contributed by atoms with van der Waals surface area (Å²) in [6, 6.07) is 4.80. The molecule has 0 bridgehead atoms. The van der Waals surface area contributed by atoms with Gasteiger partial charge in [0.1, 0.15) is 5.82 Å². The fourth-order valence-electron chi connectivity index (χ4n) is 1.86. The molecule has 4 nitrogen and oxygen atoms in total. The van der Waals surface area contributed by atoms with Crippen molar-refractivity contribution >= 4 is 0 Å². The molecule has 0 saturated heterocycles. The summed E-state index contributed by atoms with van der Waals surface area (Å²) in [5.41, 5.74) is 7.10. The van der Waals surface area contributed by atoms with E-state index in [0.29, 0.717) is 6.42 Å². The van der Waals surface area contributed by atoms with Crippen LogP contribution in [0.5, 0.6) is 5.75 Å². The number of nitrogens with two attached hydrogens (primary N) is 1. The van der Waals surface area contributed by atoms with Gasteiger partial charge in [-0.25, -0.2) is 9.37 Å². The van der Waals surface area contributed by atoms with E-state index in [-0.39, 0.29) is 11.3 Å². The van der Waals surface area contributed by atoms with Gasteiger partial charge in [0.05, 0.1) is 19.0 Å². The van der Waals surface area contributed by atoms with Crippen molar-refractivity contribution in [3.8, 4) is 17.0 Å². The molecule has 0 radical (unpaired) electrons. The third-order valence-corrected chi connectivity index (χ3v) is 2.71. The minimum Gasteiger partial charge on any atom is -0.494 e. The topological polar surface area (TPSA) is 63.9 Å². The van der Waals surface area contributed by atoms with Gasteiger partial charge in [-0.05, 0) is 32.0 Å². The molecule has 0 unspecified atom stereocenters. The van der Waals surface area contributed by atoms with E-state index in [1.54, 1.807) is 18.3 Å². The summed E-state index contributed by atoms with van der Waals surface area (Å²) in [5.74, 6) is 0.626. The van der Waals surface area contributed by atoms with E-state index >= 15 is 0 Å². The Labute approximate surface area is 111 Å². The van der Waals surface area contributed by atoms with Gasteiger partial charge < -0.3 is 15.5 Å². The highest BCUT2D eigenvalue weighted by atomic mass is 19.1. The van der Waals surface area contributed by atoms with Crippen molar-refractivity contribution in [3.63, 3.8) is 0 Å². The van der Waals surface area contributed by atoms with Gasteiger partial charge in [-0.3, -0.25) is 0 Å². The molecular formula is C14H18FN3O. The average Bonchev–Trinajstić information content (AvgIpc) is 2.75. The maximum absolute atomic E-state index is 13.6. The van der Waals surface area contributed by atoms with Crippen molar-refractivity contribution in [1.29, 1.82) is 0 Å². The van der Waals surface area contributed by atoms with Crippen LogP contribution in [0.15, 0.2) is 24.4 Å². The van der Waals surface area contributed by atoms with E-state index in [4.69, 9.17) is 10.5 Å². The van der Waals surface area contributed by atoms with E-state index in [9.17, 15) is 4.39 Å². The third kappa shape index (κ3) is 3.32. The number of ether oxygens (including phenoxy) is 1. The lowest BCUT2D eigenvalue weighted by atomic mass is 10.0. The molecular weight excluding hydrogens is 245 g/mol. The number of nitrogens with zero attached hydrogens (tertiary/aromatic N) is 1. The quantitative estimate of drug-likeness (QED) is 0.890. The van der Waals surface area contributed by atoms with Crippen molar-refractivity contribution in [3.05, 3.63) is 36.0 Å². The van der Waals surface area contributed by atoms with Gasteiger partial charge in [-0.1, -0.05) is 0 Å². The summed E-state index contributed by atoms with van der Waals surface area (Å²) in [4.78, 5) is 7.41. The molecule has 102 valence electrons. The van der Waals surface area contributed by atoms with Crippen molar-refractivity contribution in [2.45, 2.75) is 25.8 Å². The van der Waals surface area contributed by atoms with Gasteiger partial charge in [0.25, 0.3) is 0 Å². The highest BCUT2D eigenvalue weighted by Gasteiger charge is 2.15. The van der Waals surface area contributed by atoms with Crippen LogP contribution in [-0.2, 0) is 6.42 Å². The second-order valence-electron chi connectivity index (χ2n) is 5.26. The summed E-state index contributed by atoms with van der Waals surface area (Å²) in [7, 11) is 1.44. The molecule has 2 aromatic rings. The van der Waals surface area contributed by atoms with Crippen LogP contribution < -0.4 is 10.5 Å². The van der Waals surface area contributed by atoms with Crippen LogP contribution in [0.1, 0.15) is 19.7 Å². The SMILES string of the molecule is COc1ccc(-c2cnc(CC(C)(C)N)[nH]2)cc1F. The number of nitrogens with one attached hydrogen (secondary N) is 1. The number of rotatable bonds is 4. The van der Waals surface area contributed by atoms with E-state index in [0.717, 1.165) is 17.1 Å². The number of imidazole rings is 1. The van der Waals surface area contributed by atoms with Gasteiger partial charge in [0.2, 0.25) is 0 Å². The fourth-order valence-corrected chi connectivity index (χ4v) is 1.86. The Morgan fingerprint density at radius 2 is 2.16 bits per heavy atom. The Bertz CT molecular complexity index is 572. The Balaban J connectivity index is 2.25. The number of methoxy groups -OCH3 is 1. The summed E-state index contributed by atoms with van der Waals surface area (Å²) in [6.45, 7) is 3.87. The molecule has 0 atom stereocenters. The number of benzene rings is 1. The van der Waals surface area contributed by atoms with E-state index < -0.39 is 5.82 Å². The maximum atomic E-state index is 13.6. The molecule has 0 fully saturated rings. The number of aromatic amines is 1. The number of halogens is 1. The Morgan fingerprint density at radius 1 is 1.42 bits per heavy atom. The van der Waals surface area contributed by atoms with Gasteiger partial charge in [0, 0.05) is 17.5 Å². The zero-order valence-corrected chi connectivity index (χ0v) is 11.3. The molecule has 0 aliphatic rings. The molecule has 1 heterocycles. The average molecular weight is 263 g/mol. The van der Waals surface area contributed by atoms with Crippen LogP contribution in [0.3, 0.4) is 0 Å². The van der Waals surface area contributed by atoms with Crippen molar-refractivity contribution in [1.82, 2.24) is 9.97 Å². The first kappa shape index (κ1) is 13.5. The molecule has 19 heavy (non-hydrogen) atoms. The molecule has 0 aliphatic carbocycles. The summed E-state index contributed by atoms with van der Waals surface area (Å²) >= 11 is 0. The van der Waals surface area contributed by atoms with Crippen LogP contribution in [0.4, 0.5) is 4.39 Å². The lowest BCUT2D eigenvalue weighted by molar-refractivity contribution is 0.386. The van der Waals surface area contributed by atoms with Crippen molar-refractivity contribution < 1.29 is 9.13 Å². The molecule has 1 aromatic heterocycles. The fraction of sp³-hybridized carbons (Fsp3) is 0.357. The first-order valence-corrected chi connectivity index (χ1v) is 6.06. The standard InChI is InChI=1S/C14H18FN3O/c1-14(2,16)7-13-17-8-11(18-13)9-4-5-12(19-3)10(15)6-9/h4-6,8H,7,16H2,1-3H3,(H,17,18). The third-order valence-electron chi connectivity index (χ3n) is 2.71. The van der Waals surface area contributed by atoms with Crippen LogP contribution in [-0.4, -0.2) is 22.6 Å². The maximum Gasteiger partial charge on any atom is 0.165 e. The van der Waals surface area contributed by atoms with Crippen molar-refractivity contribution in [2.24, 2.45) is 5.73 Å². The summed E-state index contributed by atoms with van der Waals surface area (Å²) in [6.07, 6.45) is 2.31. The Kier molecular flexibility index (Phi) is 3.57. The van der Waals surface area contributed by atoms with E-state index in [1.165, 1.54) is 13.2 Å². The first-order chi connectivity index (χ1) is 8.89. The molecule has 0 spiro atoms. The minimum atomic E-state index is -0.393. The molecule has 0 amide bonds. The normalized spacial score (nSPS) is 11.6.